The Morgan fingerprint density at radius 2 is 2.28 bits per heavy atom. The molecular weight excluding hydrogens is 246 g/mol. The van der Waals surface area contributed by atoms with Gasteiger partial charge in [0.2, 0.25) is 0 Å². The molecule has 0 radical (unpaired) electrons. The number of nitrogens with one attached hydrogen (secondary N) is 1. The van der Waals surface area contributed by atoms with E-state index in [1.165, 1.54) is 12.8 Å². The lowest BCUT2D eigenvalue weighted by molar-refractivity contribution is 0.344. The van der Waals surface area contributed by atoms with Crippen molar-refractivity contribution in [1.82, 2.24) is 5.32 Å². The Kier molecular flexibility index (Phi) is 4.67. The summed E-state index contributed by atoms with van der Waals surface area (Å²) in [6.07, 6.45) is 3.48. The fraction of sp³-hybridized carbons (Fsp3) is 0.467. The standard InChI is InChI=1S/C15H20ClNO/c1-3-11(2)10-18-15-6-4-5-14(16)13(15)9-17-12-7-8-12/h4-6,12,17H,2-3,7-10H2,1H3. The molecule has 0 unspecified atom stereocenters. The molecule has 0 saturated heterocycles. The molecule has 0 aliphatic heterocycles. The summed E-state index contributed by atoms with van der Waals surface area (Å²) in [5.41, 5.74) is 2.14. The van der Waals surface area contributed by atoms with Crippen molar-refractivity contribution < 1.29 is 4.74 Å². The highest BCUT2D eigenvalue weighted by Gasteiger charge is 2.21. The Balaban J connectivity index is 2.01. The zero-order valence-electron chi connectivity index (χ0n) is 10.8. The highest BCUT2D eigenvalue weighted by Crippen LogP contribution is 2.28. The Hall–Kier alpha value is -0.990. The molecule has 0 heterocycles. The zero-order valence-corrected chi connectivity index (χ0v) is 11.6. The quantitative estimate of drug-likeness (QED) is 0.754. The second-order valence-corrected chi connectivity index (χ2v) is 5.17. The average Bonchev–Trinajstić information content (AvgIpc) is 3.18. The third kappa shape index (κ3) is 3.76. The maximum absolute atomic E-state index is 6.24. The smallest absolute Gasteiger partial charge is 0.125 e. The summed E-state index contributed by atoms with van der Waals surface area (Å²) in [6, 6.07) is 6.47. The lowest BCUT2D eigenvalue weighted by Gasteiger charge is -2.14. The Morgan fingerprint density at radius 3 is 2.94 bits per heavy atom. The van der Waals surface area contributed by atoms with Crippen LogP contribution in [0.2, 0.25) is 5.02 Å². The zero-order chi connectivity index (χ0) is 13.0. The van der Waals surface area contributed by atoms with Crippen LogP contribution in [0.25, 0.3) is 0 Å². The van der Waals surface area contributed by atoms with Crippen LogP contribution in [-0.2, 0) is 6.54 Å². The molecule has 1 fully saturated rings. The van der Waals surface area contributed by atoms with Crippen molar-refractivity contribution in [3.63, 3.8) is 0 Å². The Morgan fingerprint density at radius 1 is 1.50 bits per heavy atom. The normalized spacial score (nSPS) is 14.6. The van der Waals surface area contributed by atoms with Crippen LogP contribution in [0.3, 0.4) is 0 Å². The van der Waals surface area contributed by atoms with Crippen molar-refractivity contribution in [2.75, 3.05) is 6.61 Å². The summed E-state index contributed by atoms with van der Waals surface area (Å²) in [5.74, 6) is 0.866. The van der Waals surface area contributed by atoms with E-state index in [1.54, 1.807) is 0 Å². The van der Waals surface area contributed by atoms with Gasteiger partial charge in [-0.05, 0) is 37.0 Å². The van der Waals surface area contributed by atoms with Crippen molar-refractivity contribution >= 4 is 11.6 Å². The van der Waals surface area contributed by atoms with Crippen LogP contribution in [0.15, 0.2) is 30.4 Å². The van der Waals surface area contributed by atoms with E-state index in [1.807, 2.05) is 18.2 Å². The van der Waals surface area contributed by atoms with Crippen LogP contribution in [-0.4, -0.2) is 12.6 Å². The predicted molar refractivity (Wildman–Crippen MR) is 76.2 cm³/mol. The Labute approximate surface area is 114 Å². The first-order valence-corrected chi connectivity index (χ1v) is 6.88. The summed E-state index contributed by atoms with van der Waals surface area (Å²) in [7, 11) is 0. The number of hydrogen-bond donors (Lipinski definition) is 1. The molecule has 1 aliphatic carbocycles. The molecule has 98 valence electrons. The van der Waals surface area contributed by atoms with Gasteiger partial charge in [0, 0.05) is 23.2 Å². The second-order valence-electron chi connectivity index (χ2n) is 4.76. The topological polar surface area (TPSA) is 21.3 Å². The lowest BCUT2D eigenvalue weighted by atomic mass is 10.2. The molecule has 18 heavy (non-hydrogen) atoms. The van der Waals surface area contributed by atoms with Gasteiger partial charge < -0.3 is 10.1 Å². The summed E-state index contributed by atoms with van der Waals surface area (Å²) in [5, 5.41) is 4.24. The van der Waals surface area contributed by atoms with Crippen molar-refractivity contribution in [2.45, 2.75) is 38.8 Å². The highest BCUT2D eigenvalue weighted by molar-refractivity contribution is 6.31. The minimum atomic E-state index is 0.563. The number of halogens is 1. The predicted octanol–water partition coefficient (Wildman–Crippen LogP) is 3.94. The largest absolute Gasteiger partial charge is 0.489 e. The maximum atomic E-state index is 6.24. The van der Waals surface area contributed by atoms with Gasteiger partial charge in [0.1, 0.15) is 12.4 Å². The van der Waals surface area contributed by atoms with Gasteiger partial charge in [-0.15, -0.1) is 0 Å². The minimum absolute atomic E-state index is 0.563. The molecule has 0 bridgehead atoms. The van der Waals surface area contributed by atoms with Gasteiger partial charge in [-0.1, -0.05) is 31.2 Å². The number of benzene rings is 1. The molecule has 2 nitrogen and oxygen atoms in total. The molecule has 1 aliphatic rings. The number of rotatable bonds is 7. The van der Waals surface area contributed by atoms with Gasteiger partial charge >= 0.3 is 0 Å². The molecule has 0 atom stereocenters. The summed E-state index contributed by atoms with van der Waals surface area (Å²) >= 11 is 6.24. The van der Waals surface area contributed by atoms with Gasteiger partial charge in [-0.3, -0.25) is 0 Å². The van der Waals surface area contributed by atoms with E-state index in [0.29, 0.717) is 12.6 Å². The molecule has 1 saturated carbocycles. The second kappa shape index (κ2) is 6.26. The van der Waals surface area contributed by atoms with Crippen LogP contribution in [0.4, 0.5) is 0 Å². The third-order valence-corrected chi connectivity index (χ3v) is 3.51. The summed E-state index contributed by atoms with van der Waals surface area (Å²) in [6.45, 7) is 7.37. The molecule has 3 heteroatoms. The van der Waals surface area contributed by atoms with E-state index in [4.69, 9.17) is 16.3 Å². The van der Waals surface area contributed by atoms with E-state index < -0.39 is 0 Å². The van der Waals surface area contributed by atoms with Crippen LogP contribution >= 0.6 is 11.6 Å². The van der Waals surface area contributed by atoms with Crippen LogP contribution < -0.4 is 10.1 Å². The minimum Gasteiger partial charge on any atom is -0.489 e. The molecule has 0 aromatic heterocycles. The van der Waals surface area contributed by atoms with Gasteiger partial charge in [0.25, 0.3) is 0 Å². The van der Waals surface area contributed by atoms with Gasteiger partial charge in [0.05, 0.1) is 0 Å². The summed E-state index contributed by atoms with van der Waals surface area (Å²) < 4.78 is 5.80. The van der Waals surface area contributed by atoms with Crippen molar-refractivity contribution in [1.29, 1.82) is 0 Å². The first-order chi connectivity index (χ1) is 8.70. The molecule has 2 rings (SSSR count). The fourth-order valence-corrected chi connectivity index (χ4v) is 1.89. The first kappa shape index (κ1) is 13.4. The van der Waals surface area contributed by atoms with E-state index >= 15 is 0 Å². The van der Waals surface area contributed by atoms with E-state index in [0.717, 1.165) is 34.9 Å². The van der Waals surface area contributed by atoms with Crippen molar-refractivity contribution in [3.05, 3.63) is 40.9 Å². The van der Waals surface area contributed by atoms with Gasteiger partial charge in [-0.25, -0.2) is 0 Å². The molecule has 0 amide bonds. The van der Waals surface area contributed by atoms with Gasteiger partial charge in [0.15, 0.2) is 0 Å². The molecule has 1 N–H and O–H groups in total. The average molecular weight is 266 g/mol. The molecule has 0 spiro atoms. The Bertz CT molecular complexity index is 427. The first-order valence-electron chi connectivity index (χ1n) is 6.51. The number of ether oxygens (including phenoxy) is 1. The van der Waals surface area contributed by atoms with Crippen LogP contribution in [0, 0.1) is 0 Å². The van der Waals surface area contributed by atoms with E-state index in [-0.39, 0.29) is 0 Å². The van der Waals surface area contributed by atoms with Crippen LogP contribution in [0.5, 0.6) is 5.75 Å². The fourth-order valence-electron chi connectivity index (χ4n) is 1.66. The van der Waals surface area contributed by atoms with E-state index in [2.05, 4.69) is 18.8 Å². The lowest BCUT2D eigenvalue weighted by Crippen LogP contribution is -2.16. The van der Waals surface area contributed by atoms with Crippen molar-refractivity contribution in [2.24, 2.45) is 0 Å². The van der Waals surface area contributed by atoms with Crippen molar-refractivity contribution in [3.8, 4) is 5.75 Å². The summed E-state index contributed by atoms with van der Waals surface area (Å²) in [4.78, 5) is 0. The maximum Gasteiger partial charge on any atom is 0.125 e. The van der Waals surface area contributed by atoms with Crippen LogP contribution in [0.1, 0.15) is 31.7 Å². The molecule has 1 aromatic carbocycles. The molecular formula is C15H20ClNO. The SMILES string of the molecule is C=C(CC)COc1cccc(Cl)c1CNC1CC1. The van der Waals surface area contributed by atoms with Gasteiger partial charge in [-0.2, -0.15) is 0 Å². The third-order valence-electron chi connectivity index (χ3n) is 3.15. The number of hydrogen-bond acceptors (Lipinski definition) is 2. The monoisotopic (exact) mass is 265 g/mol. The highest BCUT2D eigenvalue weighted by atomic mass is 35.5. The molecule has 1 aromatic rings. The van der Waals surface area contributed by atoms with E-state index in [9.17, 15) is 0 Å².